The molecule has 0 spiro atoms. The molecule has 6 nitrogen and oxygen atoms in total. The zero-order chi connectivity index (χ0) is 15.5. The summed E-state index contributed by atoms with van der Waals surface area (Å²) in [6, 6.07) is 7.24. The second kappa shape index (κ2) is 6.08. The van der Waals surface area contributed by atoms with Gasteiger partial charge in [0, 0.05) is 18.5 Å². The Labute approximate surface area is 127 Å². The van der Waals surface area contributed by atoms with E-state index in [0.717, 1.165) is 0 Å². The van der Waals surface area contributed by atoms with Gasteiger partial charge in [0.2, 0.25) is 0 Å². The van der Waals surface area contributed by atoms with Crippen molar-refractivity contribution >= 4 is 16.7 Å². The molecule has 114 valence electrons. The average molecular weight is 300 g/mol. The molecule has 2 heterocycles. The molecule has 1 aliphatic rings. The fourth-order valence-electron chi connectivity index (χ4n) is 2.64. The van der Waals surface area contributed by atoms with Gasteiger partial charge >= 0.3 is 5.63 Å². The minimum Gasteiger partial charge on any atom is -0.494 e. The zero-order valence-corrected chi connectivity index (χ0v) is 12.3. The fourth-order valence-corrected chi connectivity index (χ4v) is 2.64. The van der Waals surface area contributed by atoms with Crippen molar-refractivity contribution in [2.75, 3.05) is 37.8 Å². The number of nitrogens with zero attached hydrogens (tertiary/aromatic N) is 2. The molecule has 1 fully saturated rings. The van der Waals surface area contributed by atoms with E-state index in [1.807, 2.05) is 24.0 Å². The van der Waals surface area contributed by atoms with Crippen molar-refractivity contribution < 1.29 is 13.9 Å². The highest BCUT2D eigenvalue weighted by molar-refractivity contribution is 5.94. The maximum Gasteiger partial charge on any atom is 0.356 e. The van der Waals surface area contributed by atoms with E-state index in [9.17, 15) is 10.1 Å². The normalized spacial score (nSPS) is 14.8. The monoisotopic (exact) mass is 300 g/mol. The molecule has 3 rings (SSSR count). The SMILES string of the molecule is CCOc1ccc2oc(=O)c(C#N)c(N3CCOCC3)c2c1. The van der Waals surface area contributed by atoms with E-state index in [1.54, 1.807) is 12.1 Å². The number of morpholine rings is 1. The molecule has 0 aliphatic carbocycles. The first kappa shape index (κ1) is 14.4. The van der Waals surface area contributed by atoms with Crippen molar-refractivity contribution in [3.05, 3.63) is 34.2 Å². The third kappa shape index (κ3) is 2.51. The maximum atomic E-state index is 12.1. The van der Waals surface area contributed by atoms with Crippen molar-refractivity contribution in [3.63, 3.8) is 0 Å². The van der Waals surface area contributed by atoms with Crippen LogP contribution in [0.4, 0.5) is 5.69 Å². The van der Waals surface area contributed by atoms with Gasteiger partial charge in [0.05, 0.1) is 25.5 Å². The van der Waals surface area contributed by atoms with Crippen LogP contribution < -0.4 is 15.3 Å². The van der Waals surface area contributed by atoms with Crippen LogP contribution in [0.5, 0.6) is 5.75 Å². The minimum absolute atomic E-state index is 0.0306. The first-order chi connectivity index (χ1) is 10.7. The van der Waals surface area contributed by atoms with Crippen molar-refractivity contribution in [1.29, 1.82) is 5.26 Å². The van der Waals surface area contributed by atoms with Gasteiger partial charge in [0.1, 0.15) is 17.4 Å². The first-order valence-corrected chi connectivity index (χ1v) is 7.21. The summed E-state index contributed by atoms with van der Waals surface area (Å²) in [5, 5.41) is 10.1. The number of fused-ring (bicyclic) bond motifs is 1. The summed E-state index contributed by atoms with van der Waals surface area (Å²) in [6.45, 7) is 4.84. The molecule has 0 bridgehead atoms. The van der Waals surface area contributed by atoms with Crippen LogP contribution in [0.25, 0.3) is 11.0 Å². The summed E-state index contributed by atoms with van der Waals surface area (Å²) < 4.78 is 16.1. The standard InChI is InChI=1S/C16H16N2O4/c1-2-21-11-3-4-14-12(9-11)15(13(10-17)16(19)22-14)18-5-7-20-8-6-18/h3-4,9H,2,5-8H2,1H3. The quantitative estimate of drug-likeness (QED) is 0.806. The van der Waals surface area contributed by atoms with Crippen LogP contribution in [0.15, 0.2) is 27.4 Å². The number of hydrogen-bond donors (Lipinski definition) is 0. The van der Waals surface area contributed by atoms with E-state index < -0.39 is 5.63 Å². The van der Waals surface area contributed by atoms with E-state index in [-0.39, 0.29) is 5.56 Å². The third-order valence-corrected chi connectivity index (χ3v) is 3.60. The second-order valence-corrected chi connectivity index (χ2v) is 4.92. The van der Waals surface area contributed by atoms with Crippen LogP contribution in [-0.4, -0.2) is 32.9 Å². The van der Waals surface area contributed by atoms with Crippen molar-refractivity contribution in [3.8, 4) is 11.8 Å². The van der Waals surface area contributed by atoms with Crippen LogP contribution in [0, 0.1) is 11.3 Å². The number of ether oxygens (including phenoxy) is 2. The van der Waals surface area contributed by atoms with Crippen LogP contribution in [0.1, 0.15) is 12.5 Å². The lowest BCUT2D eigenvalue weighted by Crippen LogP contribution is -2.37. The second-order valence-electron chi connectivity index (χ2n) is 4.92. The van der Waals surface area contributed by atoms with Gasteiger partial charge in [0.15, 0.2) is 5.56 Å². The summed E-state index contributed by atoms with van der Waals surface area (Å²) in [5.41, 5.74) is 0.483. The van der Waals surface area contributed by atoms with Gasteiger partial charge in [-0.15, -0.1) is 0 Å². The smallest absolute Gasteiger partial charge is 0.356 e. The summed E-state index contributed by atoms with van der Waals surface area (Å²) in [6.07, 6.45) is 0. The van der Waals surface area contributed by atoms with Gasteiger partial charge in [0.25, 0.3) is 0 Å². The molecule has 6 heteroatoms. The molecule has 0 atom stereocenters. The molecule has 1 aromatic carbocycles. The molecular weight excluding hydrogens is 284 g/mol. The largest absolute Gasteiger partial charge is 0.494 e. The number of benzene rings is 1. The van der Waals surface area contributed by atoms with E-state index in [1.165, 1.54) is 0 Å². The number of nitriles is 1. The summed E-state index contributed by atoms with van der Waals surface area (Å²) in [7, 11) is 0. The van der Waals surface area contributed by atoms with E-state index >= 15 is 0 Å². The predicted molar refractivity (Wildman–Crippen MR) is 81.4 cm³/mol. The lowest BCUT2D eigenvalue weighted by Gasteiger charge is -2.30. The Balaban J connectivity index is 2.25. The zero-order valence-electron chi connectivity index (χ0n) is 12.3. The van der Waals surface area contributed by atoms with Crippen molar-refractivity contribution in [2.24, 2.45) is 0 Å². The van der Waals surface area contributed by atoms with Gasteiger partial charge in [-0.1, -0.05) is 0 Å². The molecule has 2 aromatic rings. The van der Waals surface area contributed by atoms with Gasteiger partial charge in [-0.05, 0) is 25.1 Å². The Bertz CT molecular complexity index is 785. The van der Waals surface area contributed by atoms with Crippen LogP contribution in [-0.2, 0) is 4.74 Å². The van der Waals surface area contributed by atoms with Gasteiger partial charge in [-0.3, -0.25) is 0 Å². The predicted octanol–water partition coefficient (Wildman–Crippen LogP) is 1.90. The average Bonchev–Trinajstić information content (AvgIpc) is 2.55. The Morgan fingerprint density at radius 2 is 2.14 bits per heavy atom. The maximum absolute atomic E-state index is 12.1. The topological polar surface area (TPSA) is 75.7 Å². The lowest BCUT2D eigenvalue weighted by atomic mass is 10.1. The summed E-state index contributed by atoms with van der Waals surface area (Å²) >= 11 is 0. The highest BCUT2D eigenvalue weighted by atomic mass is 16.5. The molecule has 0 radical (unpaired) electrons. The number of hydrogen-bond acceptors (Lipinski definition) is 6. The van der Waals surface area contributed by atoms with Crippen molar-refractivity contribution in [2.45, 2.75) is 6.92 Å². The number of rotatable bonds is 3. The highest BCUT2D eigenvalue weighted by Crippen LogP contribution is 2.32. The van der Waals surface area contributed by atoms with E-state index in [4.69, 9.17) is 13.9 Å². The molecule has 0 amide bonds. The van der Waals surface area contributed by atoms with Gasteiger partial charge < -0.3 is 18.8 Å². The van der Waals surface area contributed by atoms with Crippen LogP contribution in [0.2, 0.25) is 0 Å². The van der Waals surface area contributed by atoms with Crippen LogP contribution in [0.3, 0.4) is 0 Å². The molecule has 0 saturated carbocycles. The molecule has 22 heavy (non-hydrogen) atoms. The van der Waals surface area contributed by atoms with E-state index in [2.05, 4.69) is 0 Å². The Kier molecular flexibility index (Phi) is 3.98. The summed E-state index contributed by atoms with van der Waals surface area (Å²) in [4.78, 5) is 14.1. The van der Waals surface area contributed by atoms with Crippen LogP contribution >= 0.6 is 0 Å². The molecule has 0 N–H and O–H groups in total. The van der Waals surface area contributed by atoms with Gasteiger partial charge in [-0.25, -0.2) is 4.79 Å². The molecule has 1 aliphatic heterocycles. The molecule has 0 unspecified atom stereocenters. The molecular formula is C16H16N2O4. The minimum atomic E-state index is -0.611. The fraction of sp³-hybridized carbons (Fsp3) is 0.375. The Morgan fingerprint density at radius 3 is 2.82 bits per heavy atom. The lowest BCUT2D eigenvalue weighted by molar-refractivity contribution is 0.123. The van der Waals surface area contributed by atoms with Gasteiger partial charge in [-0.2, -0.15) is 5.26 Å². The Hall–Kier alpha value is -2.52. The summed E-state index contributed by atoms with van der Waals surface area (Å²) in [5.74, 6) is 0.683. The Morgan fingerprint density at radius 1 is 1.36 bits per heavy atom. The third-order valence-electron chi connectivity index (χ3n) is 3.60. The molecule has 1 aromatic heterocycles. The highest BCUT2D eigenvalue weighted by Gasteiger charge is 2.22. The molecule has 1 saturated heterocycles. The first-order valence-electron chi connectivity index (χ1n) is 7.21. The number of anilines is 1. The van der Waals surface area contributed by atoms with Crippen molar-refractivity contribution in [1.82, 2.24) is 0 Å². The van der Waals surface area contributed by atoms with E-state index in [0.29, 0.717) is 55.3 Å².